The van der Waals surface area contributed by atoms with Gasteiger partial charge in [-0.05, 0) is 37.5 Å². The molecule has 0 radical (unpaired) electrons. The minimum atomic E-state index is 0.989. The zero-order valence-corrected chi connectivity index (χ0v) is 8.38. The number of nitrogens with zero attached hydrogens (tertiary/aromatic N) is 1. The summed E-state index contributed by atoms with van der Waals surface area (Å²) < 4.78 is 0. The summed E-state index contributed by atoms with van der Waals surface area (Å²) in [5.74, 6) is 0. The van der Waals surface area contributed by atoms with Crippen LogP contribution in [0.3, 0.4) is 0 Å². The maximum Gasteiger partial charge on any atom is 0.0607 e. The Morgan fingerprint density at radius 1 is 1.64 bits per heavy atom. The third-order valence-electron chi connectivity index (χ3n) is 2.47. The summed E-state index contributed by atoms with van der Waals surface area (Å²) in [5.41, 5.74) is 4.70. The molecule has 0 unspecified atom stereocenters. The average Bonchev–Trinajstić information content (AvgIpc) is 2.61. The molecule has 0 bridgehead atoms. The topological polar surface area (TPSA) is 28.1 Å². The molecule has 1 aromatic heterocycles. The lowest BCUT2D eigenvalue weighted by Gasteiger charge is -2.01. The monoisotopic (exact) mass is 186 g/mol. The first-order valence-electron chi connectivity index (χ1n) is 4.85. The number of fused-ring (bicyclic) bond motifs is 1. The molecule has 0 fully saturated rings. The van der Waals surface area contributed by atoms with Crippen LogP contribution in [0.2, 0.25) is 0 Å². The van der Waals surface area contributed by atoms with Crippen molar-refractivity contribution < 1.29 is 0 Å². The number of rotatable bonds is 2. The van der Waals surface area contributed by atoms with Crippen LogP contribution in [0.1, 0.15) is 30.3 Å². The summed E-state index contributed by atoms with van der Waals surface area (Å²) in [7, 11) is 0. The van der Waals surface area contributed by atoms with Gasteiger partial charge in [0.2, 0.25) is 0 Å². The number of hydrogen-bond donors (Lipinski definition) is 1. The van der Waals surface area contributed by atoms with Crippen molar-refractivity contribution in [2.45, 2.75) is 19.8 Å². The maximum atomic E-state index is 4.16. The molecule has 1 aliphatic rings. The molecule has 0 aromatic carbocycles. The average molecular weight is 186 g/mol. The number of allylic oxidation sites excluding steroid dienone is 1. The minimum absolute atomic E-state index is 0.989. The summed E-state index contributed by atoms with van der Waals surface area (Å²) in [4.78, 5) is 7.52. The lowest BCUT2D eigenvalue weighted by Crippen LogP contribution is -1.93. The Labute approximate surface area is 84.1 Å². The van der Waals surface area contributed by atoms with Gasteiger partial charge in [0.05, 0.1) is 11.4 Å². The van der Waals surface area contributed by atoms with Gasteiger partial charge in [-0.1, -0.05) is 12.7 Å². The van der Waals surface area contributed by atoms with Crippen LogP contribution in [0.4, 0.5) is 0 Å². The number of hydrogen-bond acceptors (Lipinski definition) is 1. The van der Waals surface area contributed by atoms with Crippen LogP contribution in [0.5, 0.6) is 0 Å². The largest absolute Gasteiger partial charge is 0.354 e. The van der Waals surface area contributed by atoms with E-state index in [0.29, 0.717) is 0 Å². The van der Waals surface area contributed by atoms with E-state index in [9.17, 15) is 0 Å². The number of aromatic amines is 1. The highest BCUT2D eigenvalue weighted by molar-refractivity contribution is 5.98. The van der Waals surface area contributed by atoms with Gasteiger partial charge >= 0.3 is 0 Å². The zero-order valence-electron chi connectivity index (χ0n) is 8.38. The van der Waals surface area contributed by atoms with Crippen molar-refractivity contribution in [3.63, 3.8) is 0 Å². The Kier molecular flexibility index (Phi) is 2.35. The molecule has 1 aromatic rings. The SMILES string of the molecule is C=CN=C(C)c1cc2c([nH]1)C=CCC2. The molecule has 14 heavy (non-hydrogen) atoms. The van der Waals surface area contributed by atoms with Crippen molar-refractivity contribution in [2.75, 3.05) is 0 Å². The van der Waals surface area contributed by atoms with Crippen molar-refractivity contribution >= 4 is 11.8 Å². The van der Waals surface area contributed by atoms with Crippen LogP contribution in [-0.4, -0.2) is 10.7 Å². The fourth-order valence-electron chi connectivity index (χ4n) is 1.71. The molecule has 2 heteroatoms. The van der Waals surface area contributed by atoms with Gasteiger partial charge in [-0.25, -0.2) is 0 Å². The smallest absolute Gasteiger partial charge is 0.0607 e. The molecule has 72 valence electrons. The van der Waals surface area contributed by atoms with E-state index in [2.05, 4.69) is 34.8 Å². The molecule has 0 saturated heterocycles. The van der Waals surface area contributed by atoms with Crippen LogP contribution in [0, 0.1) is 0 Å². The number of aryl methyl sites for hydroxylation is 1. The number of nitrogens with one attached hydrogen (secondary N) is 1. The molecule has 0 aliphatic heterocycles. The first-order chi connectivity index (χ1) is 6.81. The first-order valence-corrected chi connectivity index (χ1v) is 4.85. The summed E-state index contributed by atoms with van der Waals surface area (Å²) in [5, 5.41) is 0. The van der Waals surface area contributed by atoms with E-state index in [0.717, 1.165) is 24.2 Å². The Bertz CT molecular complexity index is 408. The Morgan fingerprint density at radius 2 is 2.50 bits per heavy atom. The first kappa shape index (κ1) is 9.00. The molecule has 2 rings (SSSR count). The standard InChI is InChI=1S/C12H14N2/c1-3-13-9(2)12-8-10-6-4-5-7-11(10)14-12/h3,5,7-8,14H,1,4,6H2,2H3. The molecular weight excluding hydrogens is 172 g/mol. The van der Waals surface area contributed by atoms with Gasteiger partial charge in [0.15, 0.2) is 0 Å². The van der Waals surface area contributed by atoms with Gasteiger partial charge in [0.1, 0.15) is 0 Å². The molecule has 1 heterocycles. The fraction of sp³-hybridized carbons (Fsp3) is 0.250. The second kappa shape index (κ2) is 3.66. The Morgan fingerprint density at radius 3 is 3.21 bits per heavy atom. The normalized spacial score (nSPS) is 15.4. The van der Waals surface area contributed by atoms with E-state index in [1.807, 2.05) is 6.92 Å². The van der Waals surface area contributed by atoms with Crippen LogP contribution in [0.25, 0.3) is 6.08 Å². The van der Waals surface area contributed by atoms with Gasteiger partial charge in [-0.2, -0.15) is 0 Å². The maximum absolute atomic E-state index is 4.16. The van der Waals surface area contributed by atoms with Gasteiger partial charge in [-0.15, -0.1) is 0 Å². The van der Waals surface area contributed by atoms with Crippen molar-refractivity contribution in [3.8, 4) is 0 Å². The molecule has 0 saturated carbocycles. The quantitative estimate of drug-likeness (QED) is 0.688. The number of aliphatic imine (C=N–C) groups is 1. The predicted octanol–water partition coefficient (Wildman–Crippen LogP) is 2.93. The molecule has 1 N–H and O–H groups in total. The van der Waals surface area contributed by atoms with Gasteiger partial charge in [-0.3, -0.25) is 4.99 Å². The molecule has 0 amide bonds. The van der Waals surface area contributed by atoms with E-state index in [-0.39, 0.29) is 0 Å². The van der Waals surface area contributed by atoms with E-state index in [1.165, 1.54) is 11.3 Å². The molecule has 0 atom stereocenters. The highest BCUT2D eigenvalue weighted by Crippen LogP contribution is 2.20. The Balaban J connectivity index is 2.38. The van der Waals surface area contributed by atoms with E-state index >= 15 is 0 Å². The van der Waals surface area contributed by atoms with Crippen LogP contribution in [-0.2, 0) is 6.42 Å². The van der Waals surface area contributed by atoms with E-state index < -0.39 is 0 Å². The summed E-state index contributed by atoms with van der Waals surface area (Å²) >= 11 is 0. The van der Waals surface area contributed by atoms with Gasteiger partial charge in [0, 0.05) is 11.9 Å². The summed E-state index contributed by atoms with van der Waals surface area (Å²) in [6.07, 6.45) is 8.18. The Hall–Kier alpha value is -1.57. The van der Waals surface area contributed by atoms with Crippen molar-refractivity contribution in [1.82, 2.24) is 4.98 Å². The zero-order chi connectivity index (χ0) is 9.97. The van der Waals surface area contributed by atoms with E-state index in [1.54, 1.807) is 6.20 Å². The lowest BCUT2D eigenvalue weighted by molar-refractivity contribution is 0.985. The molecule has 2 nitrogen and oxygen atoms in total. The van der Waals surface area contributed by atoms with Crippen molar-refractivity contribution in [3.05, 3.63) is 41.9 Å². The lowest BCUT2D eigenvalue weighted by atomic mass is 10.0. The second-order valence-electron chi connectivity index (χ2n) is 3.46. The van der Waals surface area contributed by atoms with Crippen LogP contribution >= 0.6 is 0 Å². The third kappa shape index (κ3) is 1.55. The number of H-pyrrole nitrogens is 1. The molecular formula is C12H14N2. The highest BCUT2D eigenvalue weighted by atomic mass is 14.8. The molecule has 1 aliphatic carbocycles. The second-order valence-corrected chi connectivity index (χ2v) is 3.46. The highest BCUT2D eigenvalue weighted by Gasteiger charge is 2.09. The van der Waals surface area contributed by atoms with Gasteiger partial charge < -0.3 is 4.98 Å². The van der Waals surface area contributed by atoms with E-state index in [4.69, 9.17) is 0 Å². The minimum Gasteiger partial charge on any atom is -0.354 e. The third-order valence-corrected chi connectivity index (χ3v) is 2.47. The van der Waals surface area contributed by atoms with Crippen LogP contribution < -0.4 is 0 Å². The predicted molar refractivity (Wildman–Crippen MR) is 60.6 cm³/mol. The van der Waals surface area contributed by atoms with Gasteiger partial charge in [0.25, 0.3) is 0 Å². The van der Waals surface area contributed by atoms with Crippen LogP contribution in [0.15, 0.2) is 29.9 Å². The number of aromatic nitrogens is 1. The summed E-state index contributed by atoms with van der Waals surface area (Å²) in [6.45, 7) is 5.58. The van der Waals surface area contributed by atoms with Crippen molar-refractivity contribution in [1.29, 1.82) is 0 Å². The fourth-order valence-corrected chi connectivity index (χ4v) is 1.71. The summed E-state index contributed by atoms with van der Waals surface area (Å²) in [6, 6.07) is 2.18. The van der Waals surface area contributed by atoms with Crippen molar-refractivity contribution in [2.24, 2.45) is 4.99 Å². The molecule has 0 spiro atoms.